The maximum Gasteiger partial charge on any atom is 0.219 e. The number of hydrogen-bond acceptors (Lipinski definition) is 6. The Hall–Kier alpha value is -3.10. The number of benzene rings is 1. The van der Waals surface area contributed by atoms with Crippen molar-refractivity contribution in [2.45, 2.75) is 6.92 Å². The van der Waals surface area contributed by atoms with Crippen LogP contribution >= 0.6 is 0 Å². The van der Waals surface area contributed by atoms with E-state index in [9.17, 15) is 4.79 Å². The first-order chi connectivity index (χ1) is 16.2. The summed E-state index contributed by atoms with van der Waals surface area (Å²) in [5.74, 6) is 1.19. The van der Waals surface area contributed by atoms with E-state index in [-0.39, 0.29) is 5.91 Å². The van der Waals surface area contributed by atoms with Crippen LogP contribution in [0.25, 0.3) is 16.9 Å². The van der Waals surface area contributed by atoms with Crippen molar-refractivity contribution in [1.29, 1.82) is 0 Å². The van der Waals surface area contributed by atoms with E-state index in [4.69, 9.17) is 9.72 Å². The summed E-state index contributed by atoms with van der Waals surface area (Å²) < 4.78 is 7.59. The molecule has 2 fully saturated rings. The molecule has 8 nitrogen and oxygen atoms in total. The first-order valence-electron chi connectivity index (χ1n) is 11.8. The minimum Gasteiger partial charge on any atom is -0.379 e. The summed E-state index contributed by atoms with van der Waals surface area (Å²) >= 11 is 0. The fourth-order valence-corrected chi connectivity index (χ4v) is 4.63. The van der Waals surface area contributed by atoms with Crippen LogP contribution in [0.4, 0.5) is 11.5 Å². The Morgan fingerprint density at radius 3 is 2.48 bits per heavy atom. The first-order valence-corrected chi connectivity index (χ1v) is 11.8. The highest BCUT2D eigenvalue weighted by Gasteiger charge is 2.20. The zero-order chi connectivity index (χ0) is 22.6. The van der Waals surface area contributed by atoms with Crippen LogP contribution in [0, 0.1) is 0 Å². The third kappa shape index (κ3) is 4.82. The molecule has 1 aromatic carbocycles. The van der Waals surface area contributed by atoms with Crippen LogP contribution in [0.1, 0.15) is 6.92 Å². The van der Waals surface area contributed by atoms with Crippen molar-refractivity contribution < 1.29 is 9.53 Å². The van der Waals surface area contributed by atoms with Gasteiger partial charge in [-0.1, -0.05) is 18.2 Å². The third-order valence-corrected chi connectivity index (χ3v) is 6.58. The Morgan fingerprint density at radius 1 is 1.00 bits per heavy atom. The Kier molecular flexibility index (Phi) is 6.46. The molecule has 2 aromatic heterocycles. The van der Waals surface area contributed by atoms with Crippen LogP contribution in [-0.4, -0.2) is 90.7 Å². The number of carbonyl (C=O) groups excluding carboxylic acids is 1. The molecule has 2 aliphatic heterocycles. The standard InChI is InChI=1S/C25H32N6O2/c1-20(32)29-12-14-30(15-13-29)22-7-5-21(6-8-22)24-25(31-10-3-2-4-23(31)27-24)26-9-11-28-16-18-33-19-17-28/h2-8,10,26H,9,11-19H2,1H3. The SMILES string of the molecule is CC(=O)N1CCN(c2ccc(-c3nc4ccccn4c3NCCN3CCOCC3)cc2)CC1. The summed E-state index contributed by atoms with van der Waals surface area (Å²) in [6.45, 7) is 10.4. The molecule has 0 saturated carbocycles. The van der Waals surface area contributed by atoms with Gasteiger partial charge in [-0.3, -0.25) is 14.1 Å². The van der Waals surface area contributed by atoms with Crippen LogP contribution in [0.2, 0.25) is 0 Å². The van der Waals surface area contributed by atoms with Gasteiger partial charge in [0.15, 0.2) is 0 Å². The van der Waals surface area contributed by atoms with Gasteiger partial charge < -0.3 is 19.9 Å². The van der Waals surface area contributed by atoms with E-state index in [0.29, 0.717) is 0 Å². The number of piperazine rings is 1. The van der Waals surface area contributed by atoms with Crippen LogP contribution < -0.4 is 10.2 Å². The lowest BCUT2D eigenvalue weighted by atomic mass is 10.1. The molecule has 1 N–H and O–H groups in total. The molecular weight excluding hydrogens is 416 g/mol. The number of hydrogen-bond donors (Lipinski definition) is 1. The second-order valence-electron chi connectivity index (χ2n) is 8.66. The van der Waals surface area contributed by atoms with Gasteiger partial charge in [-0.15, -0.1) is 0 Å². The summed E-state index contributed by atoms with van der Waals surface area (Å²) in [6.07, 6.45) is 2.06. The highest BCUT2D eigenvalue weighted by Crippen LogP contribution is 2.30. The van der Waals surface area contributed by atoms with Crippen molar-refractivity contribution in [3.8, 4) is 11.3 Å². The zero-order valence-electron chi connectivity index (χ0n) is 19.2. The topological polar surface area (TPSA) is 65.4 Å². The van der Waals surface area contributed by atoms with Crippen LogP contribution in [0.5, 0.6) is 0 Å². The van der Waals surface area contributed by atoms with Crippen molar-refractivity contribution in [3.05, 3.63) is 48.7 Å². The number of amides is 1. The monoisotopic (exact) mass is 448 g/mol. The minimum absolute atomic E-state index is 0.158. The number of imidazole rings is 1. The van der Waals surface area contributed by atoms with Crippen molar-refractivity contribution in [3.63, 3.8) is 0 Å². The summed E-state index contributed by atoms with van der Waals surface area (Å²) in [5, 5.41) is 3.65. The zero-order valence-corrected chi connectivity index (χ0v) is 19.2. The molecule has 0 bridgehead atoms. The summed E-state index contributed by atoms with van der Waals surface area (Å²) in [7, 11) is 0. The smallest absolute Gasteiger partial charge is 0.219 e. The normalized spacial score (nSPS) is 17.5. The Balaban J connectivity index is 1.32. The highest BCUT2D eigenvalue weighted by atomic mass is 16.5. The Labute approximate surface area is 194 Å². The molecule has 2 saturated heterocycles. The molecule has 0 unspecified atom stereocenters. The van der Waals surface area contributed by atoms with E-state index in [1.54, 1.807) is 6.92 Å². The van der Waals surface area contributed by atoms with Crippen molar-refractivity contribution in [2.75, 3.05) is 75.8 Å². The molecule has 5 rings (SSSR count). The third-order valence-electron chi connectivity index (χ3n) is 6.58. The maximum atomic E-state index is 11.6. The van der Waals surface area contributed by atoms with E-state index >= 15 is 0 Å². The van der Waals surface area contributed by atoms with Crippen molar-refractivity contribution in [1.82, 2.24) is 19.2 Å². The number of aromatic nitrogens is 2. The number of fused-ring (bicyclic) bond motifs is 1. The molecule has 0 spiro atoms. The number of nitrogens with one attached hydrogen (secondary N) is 1. The highest BCUT2D eigenvalue weighted by molar-refractivity contribution is 5.77. The van der Waals surface area contributed by atoms with Gasteiger partial charge in [0.2, 0.25) is 5.91 Å². The number of ether oxygens (including phenoxy) is 1. The second-order valence-corrected chi connectivity index (χ2v) is 8.66. The lowest BCUT2D eigenvalue weighted by molar-refractivity contribution is -0.129. The maximum absolute atomic E-state index is 11.6. The van der Waals surface area contributed by atoms with Gasteiger partial charge in [0, 0.05) is 76.7 Å². The fraction of sp³-hybridized carbons (Fsp3) is 0.440. The van der Waals surface area contributed by atoms with Crippen molar-refractivity contribution in [2.24, 2.45) is 0 Å². The first kappa shape index (κ1) is 21.7. The molecule has 0 aliphatic carbocycles. The van der Waals surface area contributed by atoms with Gasteiger partial charge in [-0.2, -0.15) is 0 Å². The Bertz CT molecular complexity index is 1080. The van der Waals surface area contributed by atoms with E-state index in [0.717, 1.165) is 88.3 Å². The molecule has 1 amide bonds. The van der Waals surface area contributed by atoms with Gasteiger partial charge in [-0.05, 0) is 24.3 Å². The summed E-state index contributed by atoms with van der Waals surface area (Å²) in [4.78, 5) is 23.2. The Morgan fingerprint density at radius 2 is 1.76 bits per heavy atom. The molecule has 3 aromatic rings. The fourth-order valence-electron chi connectivity index (χ4n) is 4.63. The number of morpholine rings is 1. The number of rotatable bonds is 6. The number of pyridine rings is 1. The number of nitrogens with zero attached hydrogens (tertiary/aromatic N) is 5. The summed E-state index contributed by atoms with van der Waals surface area (Å²) in [6, 6.07) is 14.7. The van der Waals surface area contributed by atoms with Gasteiger partial charge >= 0.3 is 0 Å². The van der Waals surface area contributed by atoms with Gasteiger partial charge in [0.25, 0.3) is 0 Å². The predicted molar refractivity (Wildman–Crippen MR) is 131 cm³/mol. The average Bonchev–Trinajstić information content (AvgIpc) is 3.23. The minimum atomic E-state index is 0.158. The van der Waals surface area contributed by atoms with E-state index < -0.39 is 0 Å². The van der Waals surface area contributed by atoms with Crippen LogP contribution in [0.3, 0.4) is 0 Å². The number of anilines is 2. The molecular formula is C25H32N6O2. The van der Waals surface area contributed by atoms with Gasteiger partial charge in [0.1, 0.15) is 17.2 Å². The lowest BCUT2D eigenvalue weighted by Crippen LogP contribution is -2.48. The van der Waals surface area contributed by atoms with E-state index in [2.05, 4.69) is 50.0 Å². The molecule has 33 heavy (non-hydrogen) atoms. The van der Waals surface area contributed by atoms with E-state index in [1.807, 2.05) is 23.1 Å². The summed E-state index contributed by atoms with van der Waals surface area (Å²) in [5.41, 5.74) is 4.19. The quantitative estimate of drug-likeness (QED) is 0.625. The molecule has 4 heterocycles. The molecule has 0 radical (unpaired) electrons. The van der Waals surface area contributed by atoms with E-state index in [1.165, 1.54) is 5.69 Å². The van der Waals surface area contributed by atoms with Gasteiger partial charge in [0.05, 0.1) is 13.2 Å². The molecule has 0 atom stereocenters. The molecule has 8 heteroatoms. The number of carbonyl (C=O) groups is 1. The van der Waals surface area contributed by atoms with Crippen LogP contribution in [-0.2, 0) is 9.53 Å². The van der Waals surface area contributed by atoms with Crippen molar-refractivity contribution >= 4 is 23.1 Å². The second kappa shape index (κ2) is 9.80. The average molecular weight is 449 g/mol. The largest absolute Gasteiger partial charge is 0.379 e. The molecule has 2 aliphatic rings. The lowest BCUT2D eigenvalue weighted by Gasteiger charge is -2.35. The molecule has 174 valence electrons. The van der Waals surface area contributed by atoms with Crippen LogP contribution in [0.15, 0.2) is 48.7 Å². The predicted octanol–water partition coefficient (Wildman–Crippen LogP) is 2.41. The van der Waals surface area contributed by atoms with Gasteiger partial charge in [-0.25, -0.2) is 4.98 Å².